The Morgan fingerprint density at radius 1 is 0.454 bits per heavy atom. The largest absolute Gasteiger partial charge is 1.00 e. The van der Waals surface area contributed by atoms with Crippen molar-refractivity contribution in [2.75, 3.05) is 87.7 Å². The quantitative estimate of drug-likeness (QED) is 0.0323. The molecule has 7 aromatic heterocycles. The predicted molar refractivity (Wildman–Crippen MR) is 355 cm³/mol. The number of likely N-dealkylation sites (N-methyl/N-ethyl adjacent to an activating group) is 2. The summed E-state index contributed by atoms with van der Waals surface area (Å²) in [6.07, 6.45) is 1.31. The molecule has 2 aliphatic rings. The third-order valence-electron chi connectivity index (χ3n) is 12.8. The second-order valence-corrected chi connectivity index (χ2v) is 22.3. The van der Waals surface area contributed by atoms with Crippen LogP contribution < -0.4 is 45.4 Å². The molecule has 2 aliphatic heterocycles. The van der Waals surface area contributed by atoms with Crippen LogP contribution in [-0.4, -0.2) is 147 Å². The Bertz CT molecular complexity index is 4220. The first-order chi connectivity index (χ1) is 45.9. The fourth-order valence-corrected chi connectivity index (χ4v) is 9.06. The van der Waals surface area contributed by atoms with E-state index in [2.05, 4.69) is 121 Å². The van der Waals surface area contributed by atoms with Gasteiger partial charge in [0.2, 0.25) is 0 Å². The molecular weight excluding hydrogens is 1380 g/mol. The smallest absolute Gasteiger partial charge is 0.382 e. The van der Waals surface area contributed by atoms with Gasteiger partial charge in [-0.3, -0.25) is 19.7 Å². The van der Waals surface area contributed by atoms with Crippen molar-refractivity contribution in [2.45, 2.75) is 20.8 Å². The monoisotopic (exact) mass is 1430 g/mol. The number of hydrogen-bond acceptors (Lipinski definition) is 18. The molecule has 504 valence electrons. The van der Waals surface area contributed by atoms with Crippen molar-refractivity contribution >= 4 is 92.9 Å². The average molecular weight is 1430 g/mol. The number of anilines is 6. The molecule has 0 aliphatic carbocycles. The van der Waals surface area contributed by atoms with E-state index in [0.717, 1.165) is 80.6 Å². The maximum Gasteiger partial charge on any atom is 1.00 e. The maximum absolute atomic E-state index is 14.4. The summed E-state index contributed by atoms with van der Waals surface area (Å²) >= 11 is 28.0. The molecular formula is C62H59Cl5F8LiN21. The molecule has 0 radical (unpaired) electrons. The van der Waals surface area contributed by atoms with Gasteiger partial charge in [-0.15, -0.1) is 12.1 Å². The van der Waals surface area contributed by atoms with Gasteiger partial charge < -0.3 is 36.4 Å². The van der Waals surface area contributed by atoms with Gasteiger partial charge in [-0.1, -0.05) is 76.2 Å². The van der Waals surface area contributed by atoms with Gasteiger partial charge in [0.1, 0.15) is 55.4 Å². The molecule has 21 nitrogen and oxygen atoms in total. The summed E-state index contributed by atoms with van der Waals surface area (Å²) in [5.74, 6) is -4.47. The number of nitrogens with one attached hydrogen (secondary N) is 6. The number of hydrogen-bond donors (Lipinski definition) is 7. The minimum atomic E-state index is -1.03. The standard InChI is InChI=1S/C19H21F2N7.C14H10ClF2N5.C10H4Cl2F2N2.C6H3F2.C5H12N2.C4H2Cl2N2.C4H7N3.Li/c1-12-10-16(26-25-12)22-15-11-17(28-8-6-27(2)7-9-28)24-19(23-15)13-4-3-5-14(20)18(13)21;1-7-5-12(22-21-7)19-11-6-10(15)18-14(20-11)8-3-2-4-9(16)13(8)17;11-7-4-8(12)16-10(15-7)5-2-1-3-6(13)9(5)14;7-5-3-1-2-4-6(5)8;1-7-4-2-6-3-5-7;5-3-1-4(6)8-2-7-3;1-3-2-4(5)7-6-3;/h3-5,10-11H,6-9H2,1-2H3,(H2,22,23,24,25,26);2-6H,1H3,(H2,18,19,20,21,22);1-4H;1-3H;6H,2-5H2,1H3;1-2H;2H,1H3,(H3,5,6,7);/q;;;-1;;;;+1. The number of halogens is 13. The van der Waals surface area contributed by atoms with Gasteiger partial charge in [-0.05, 0) is 71.3 Å². The van der Waals surface area contributed by atoms with E-state index >= 15 is 0 Å². The van der Waals surface area contributed by atoms with Crippen molar-refractivity contribution in [1.82, 2.24) is 85.6 Å². The average Bonchev–Trinajstić information content (AvgIpc) is 1.46. The van der Waals surface area contributed by atoms with Crippen LogP contribution in [0, 0.1) is 73.4 Å². The molecule has 11 aromatic rings. The number of rotatable bonds is 8. The van der Waals surface area contributed by atoms with E-state index in [1.54, 1.807) is 18.2 Å². The van der Waals surface area contributed by atoms with Crippen molar-refractivity contribution in [3.8, 4) is 34.2 Å². The van der Waals surface area contributed by atoms with Crippen LogP contribution >= 0.6 is 58.0 Å². The van der Waals surface area contributed by atoms with Gasteiger partial charge in [0.05, 0.1) is 16.7 Å². The van der Waals surface area contributed by atoms with Gasteiger partial charge >= 0.3 is 18.9 Å². The Morgan fingerprint density at radius 2 is 0.866 bits per heavy atom. The summed E-state index contributed by atoms with van der Waals surface area (Å²) in [7, 11) is 4.22. The summed E-state index contributed by atoms with van der Waals surface area (Å²) in [5, 5.41) is 30.4. The Labute approximate surface area is 588 Å². The number of aryl methyl sites for hydroxylation is 3. The van der Waals surface area contributed by atoms with E-state index < -0.39 is 46.5 Å². The van der Waals surface area contributed by atoms with Crippen LogP contribution in [0.1, 0.15) is 17.1 Å². The van der Waals surface area contributed by atoms with Crippen LogP contribution in [0.4, 0.5) is 70.0 Å². The molecule has 35 heteroatoms. The van der Waals surface area contributed by atoms with E-state index in [1.807, 2.05) is 26.8 Å². The Morgan fingerprint density at radius 3 is 1.24 bits per heavy atom. The third-order valence-corrected chi connectivity index (χ3v) is 13.8. The summed E-state index contributed by atoms with van der Waals surface area (Å²) < 4.78 is 105. The molecule has 13 rings (SSSR count). The van der Waals surface area contributed by atoms with E-state index in [-0.39, 0.29) is 68.5 Å². The molecule has 0 bridgehead atoms. The summed E-state index contributed by atoms with van der Waals surface area (Å²) in [6, 6.07) is 28.7. The van der Waals surface area contributed by atoms with Crippen molar-refractivity contribution in [3.63, 3.8) is 0 Å². The minimum absolute atomic E-state index is 0. The van der Waals surface area contributed by atoms with Crippen molar-refractivity contribution in [1.29, 1.82) is 0 Å². The molecule has 8 N–H and O–H groups in total. The van der Waals surface area contributed by atoms with Crippen molar-refractivity contribution < 1.29 is 54.0 Å². The first kappa shape index (κ1) is 77.4. The number of nitrogen functional groups attached to an aromatic ring is 1. The number of aromatic nitrogens is 14. The first-order valence-electron chi connectivity index (χ1n) is 28.5. The van der Waals surface area contributed by atoms with Gasteiger partial charge in [0, 0.05) is 124 Å². The number of nitrogens with zero attached hydrogens (tertiary/aromatic N) is 14. The van der Waals surface area contributed by atoms with E-state index in [1.165, 1.54) is 86.1 Å². The summed E-state index contributed by atoms with van der Waals surface area (Å²) in [4.78, 5) is 38.4. The molecule has 0 saturated carbocycles. The third kappa shape index (κ3) is 25.1. The Balaban J connectivity index is 0.000000192. The van der Waals surface area contributed by atoms with Crippen LogP contribution in [0.15, 0.2) is 122 Å². The molecule has 9 heterocycles. The second-order valence-electron chi connectivity index (χ2n) is 20.4. The molecule has 2 saturated heterocycles. The number of aromatic amines is 3. The molecule has 0 atom stereocenters. The Hall–Kier alpha value is -8.60. The molecule has 0 amide bonds. The van der Waals surface area contributed by atoms with Crippen LogP contribution in [0.25, 0.3) is 34.2 Å². The minimum Gasteiger partial charge on any atom is -0.382 e. The van der Waals surface area contributed by atoms with Crippen LogP contribution in [0.2, 0.25) is 25.8 Å². The zero-order chi connectivity index (χ0) is 69.4. The van der Waals surface area contributed by atoms with Crippen molar-refractivity contribution in [2.24, 2.45) is 0 Å². The number of H-pyrrole nitrogens is 3. The number of nitrogens with two attached hydrogens (primary N) is 1. The fraction of sp³-hybridized carbons (Fsp3) is 0.210. The molecule has 0 spiro atoms. The van der Waals surface area contributed by atoms with E-state index in [4.69, 9.17) is 63.7 Å². The SMILES string of the molecule is CN1CCNCC1.Cc1cc(N)n[nH]1.Cc1cc(Nc2cc(Cl)nc(-c3cccc(F)c3F)n2)n[nH]1.Cc1cc(Nc2cc(N3CCN(C)CC3)nc(-c3cccc(F)c3F)n2)n[nH]1.Clc1cc(Cl)ncn1.Fc1[c-]cccc1F.Fc1cccc(-c2nc(Cl)cc(Cl)n2)c1F.[Li+]. The molecule has 2 fully saturated rings. The number of benzene rings is 4. The fourth-order valence-electron chi connectivity index (χ4n) is 8.11. The zero-order valence-electron chi connectivity index (χ0n) is 52.5. The second kappa shape index (κ2) is 38.4. The Kier molecular flexibility index (Phi) is 30.6. The summed E-state index contributed by atoms with van der Waals surface area (Å²) in [6.45, 7) is 13.8. The van der Waals surface area contributed by atoms with Gasteiger partial charge in [0.15, 0.2) is 64.0 Å². The molecule has 4 aromatic carbocycles. The van der Waals surface area contributed by atoms with E-state index in [9.17, 15) is 35.1 Å². The molecule has 0 unspecified atom stereocenters. The zero-order valence-corrected chi connectivity index (χ0v) is 56.2. The van der Waals surface area contributed by atoms with Crippen molar-refractivity contribution in [3.05, 3.63) is 217 Å². The van der Waals surface area contributed by atoms with Crippen LogP contribution in [0.5, 0.6) is 0 Å². The van der Waals surface area contributed by atoms with Crippen LogP contribution in [0.3, 0.4) is 0 Å². The predicted octanol–water partition coefficient (Wildman–Crippen LogP) is 10.9. The molecule has 97 heavy (non-hydrogen) atoms. The maximum atomic E-state index is 14.4. The number of piperazine rings is 2. The topological polar surface area (TPSA) is 261 Å². The van der Waals surface area contributed by atoms with Gasteiger partial charge in [0.25, 0.3) is 0 Å². The van der Waals surface area contributed by atoms with E-state index in [0.29, 0.717) is 45.2 Å². The normalized spacial score (nSPS) is 12.5. The first-order valence-corrected chi connectivity index (χ1v) is 30.4. The van der Waals surface area contributed by atoms with Gasteiger partial charge in [-0.25, -0.2) is 70.6 Å². The summed E-state index contributed by atoms with van der Waals surface area (Å²) in [5.41, 5.74) is 7.87. The van der Waals surface area contributed by atoms with Crippen LogP contribution in [-0.2, 0) is 0 Å². The van der Waals surface area contributed by atoms with Gasteiger partial charge in [-0.2, -0.15) is 27.4 Å².